The summed E-state index contributed by atoms with van der Waals surface area (Å²) in [5, 5.41) is 29.7. The van der Waals surface area contributed by atoms with Crippen LogP contribution in [0, 0.1) is 34.6 Å². The molecule has 3 unspecified atom stereocenters. The topological polar surface area (TPSA) is 108 Å². The van der Waals surface area contributed by atoms with Gasteiger partial charge in [-0.15, -0.1) is 0 Å². The van der Waals surface area contributed by atoms with Crippen molar-refractivity contribution in [1.29, 1.82) is 10.7 Å². The molecule has 0 aromatic carbocycles. The van der Waals surface area contributed by atoms with Gasteiger partial charge in [-0.25, -0.2) is 0 Å². The van der Waals surface area contributed by atoms with E-state index in [1.54, 1.807) is 21.9 Å². The largest absolute Gasteiger partial charge is 0.459 e. The standard InChI is InChI=1S/C23H31N5O3/c1-15(26-4-6-27(7-5-26)22(29)19-3-2-8-31-19)21(25)28(14-24)20-17-9-16-10-18(20)13-23(30,11-16)12-17/h2-3,8,15-18,20,25,30H,4-7,9-13H2,1H3. The molecule has 8 heteroatoms. The SMILES string of the molecule is CC(C(=N)N(C#N)C1C2CC3CC1CC(O)(C3)C2)N1CCN(C(=O)c2ccco2)CC1. The molecule has 1 aromatic heterocycles. The van der Waals surface area contributed by atoms with Crippen LogP contribution < -0.4 is 0 Å². The number of nitrogens with one attached hydrogen (secondary N) is 1. The molecule has 2 heterocycles. The van der Waals surface area contributed by atoms with Crippen LogP contribution in [0.25, 0.3) is 0 Å². The first-order chi connectivity index (χ1) is 14.9. The number of amides is 1. The normalized spacial score (nSPS) is 35.6. The fraction of sp³-hybridized carbons (Fsp3) is 0.696. The lowest BCUT2D eigenvalue weighted by molar-refractivity contribution is -0.147. The molecule has 4 aliphatic carbocycles. The molecule has 166 valence electrons. The van der Waals surface area contributed by atoms with E-state index in [0.29, 0.717) is 55.5 Å². The molecule has 0 spiro atoms. The van der Waals surface area contributed by atoms with E-state index >= 15 is 0 Å². The van der Waals surface area contributed by atoms with E-state index in [0.717, 1.165) is 32.1 Å². The number of carbonyl (C=O) groups excluding carboxylic acids is 1. The van der Waals surface area contributed by atoms with E-state index in [9.17, 15) is 15.2 Å². The van der Waals surface area contributed by atoms with E-state index < -0.39 is 5.60 Å². The number of piperazine rings is 1. The van der Waals surface area contributed by atoms with Gasteiger partial charge in [0.05, 0.1) is 23.9 Å². The Balaban J connectivity index is 1.23. The summed E-state index contributed by atoms with van der Waals surface area (Å²) in [6.07, 6.45) is 8.40. The Kier molecular flexibility index (Phi) is 5.06. The van der Waals surface area contributed by atoms with Gasteiger partial charge in [0.25, 0.3) is 5.91 Å². The van der Waals surface area contributed by atoms with Crippen LogP contribution in [0.4, 0.5) is 0 Å². The summed E-state index contributed by atoms with van der Waals surface area (Å²) < 4.78 is 5.23. The Morgan fingerprint density at radius 2 is 1.97 bits per heavy atom. The van der Waals surface area contributed by atoms with Gasteiger partial charge in [0.1, 0.15) is 5.84 Å². The second kappa shape index (κ2) is 7.64. The quantitative estimate of drug-likeness (QED) is 0.331. The van der Waals surface area contributed by atoms with E-state index in [4.69, 9.17) is 9.83 Å². The highest BCUT2D eigenvalue weighted by Gasteiger charge is 2.57. The smallest absolute Gasteiger partial charge is 0.289 e. The molecule has 1 aromatic rings. The van der Waals surface area contributed by atoms with E-state index in [-0.39, 0.29) is 18.0 Å². The van der Waals surface area contributed by atoms with Gasteiger partial charge in [-0.2, -0.15) is 5.26 Å². The number of hydrogen-bond donors (Lipinski definition) is 2. The predicted octanol–water partition coefficient (Wildman–Crippen LogP) is 2.13. The number of aliphatic hydroxyl groups is 1. The molecule has 1 saturated heterocycles. The minimum Gasteiger partial charge on any atom is -0.459 e. The third kappa shape index (κ3) is 3.54. The van der Waals surface area contributed by atoms with Crippen molar-refractivity contribution in [3.63, 3.8) is 0 Å². The van der Waals surface area contributed by atoms with Crippen LogP contribution >= 0.6 is 0 Å². The summed E-state index contributed by atoms with van der Waals surface area (Å²) in [6, 6.07) is 3.24. The van der Waals surface area contributed by atoms with Crippen LogP contribution in [0.2, 0.25) is 0 Å². The lowest BCUT2D eigenvalue weighted by Gasteiger charge is -2.59. The summed E-state index contributed by atoms with van der Waals surface area (Å²) in [6.45, 7) is 4.46. The van der Waals surface area contributed by atoms with Gasteiger partial charge < -0.3 is 14.4 Å². The first kappa shape index (κ1) is 20.5. The zero-order chi connectivity index (χ0) is 21.8. The van der Waals surface area contributed by atoms with E-state index in [1.807, 2.05) is 6.92 Å². The maximum atomic E-state index is 12.5. The lowest BCUT2D eigenvalue weighted by Crippen LogP contribution is -2.63. The average Bonchev–Trinajstić information content (AvgIpc) is 3.28. The Bertz CT molecular complexity index is 870. The van der Waals surface area contributed by atoms with Gasteiger partial charge in [0, 0.05) is 26.2 Å². The first-order valence-electron chi connectivity index (χ1n) is 11.4. The van der Waals surface area contributed by atoms with Crippen molar-refractivity contribution in [1.82, 2.24) is 14.7 Å². The fourth-order valence-electron chi connectivity index (χ4n) is 6.90. The van der Waals surface area contributed by atoms with Crippen LogP contribution in [0.5, 0.6) is 0 Å². The summed E-state index contributed by atoms with van der Waals surface area (Å²) in [4.78, 5) is 18.1. The van der Waals surface area contributed by atoms with Crippen LogP contribution in [0.15, 0.2) is 22.8 Å². The van der Waals surface area contributed by atoms with Crippen molar-refractivity contribution in [3.05, 3.63) is 24.2 Å². The summed E-state index contributed by atoms with van der Waals surface area (Å²) in [5.41, 5.74) is -0.543. The number of nitrogens with zero attached hydrogens (tertiary/aromatic N) is 4. The molecule has 8 nitrogen and oxygen atoms in total. The third-order valence-electron chi connectivity index (χ3n) is 8.13. The molecule has 4 bridgehead atoms. The highest BCUT2D eigenvalue weighted by Crippen LogP contribution is 2.57. The van der Waals surface area contributed by atoms with Crippen molar-refractivity contribution >= 4 is 11.7 Å². The Morgan fingerprint density at radius 1 is 1.29 bits per heavy atom. The monoisotopic (exact) mass is 425 g/mol. The Morgan fingerprint density at radius 3 is 2.52 bits per heavy atom. The highest BCUT2D eigenvalue weighted by atomic mass is 16.3. The number of carbonyl (C=O) groups is 1. The molecule has 2 N–H and O–H groups in total. The predicted molar refractivity (Wildman–Crippen MR) is 113 cm³/mol. The van der Waals surface area contributed by atoms with Gasteiger partial charge in [-0.1, -0.05) is 0 Å². The van der Waals surface area contributed by atoms with E-state index in [1.165, 1.54) is 6.26 Å². The number of amidine groups is 1. The zero-order valence-corrected chi connectivity index (χ0v) is 18.0. The molecule has 4 saturated carbocycles. The third-order valence-corrected chi connectivity index (χ3v) is 8.13. The zero-order valence-electron chi connectivity index (χ0n) is 18.0. The van der Waals surface area contributed by atoms with Crippen molar-refractivity contribution in [2.24, 2.45) is 17.8 Å². The number of rotatable bonds is 4. The molecular formula is C23H31N5O3. The molecule has 1 amide bonds. The minimum atomic E-state index is -0.543. The molecule has 3 atom stereocenters. The van der Waals surface area contributed by atoms with Gasteiger partial charge in [0.15, 0.2) is 12.0 Å². The average molecular weight is 426 g/mol. The van der Waals surface area contributed by atoms with Crippen molar-refractivity contribution in [2.75, 3.05) is 26.2 Å². The highest BCUT2D eigenvalue weighted by molar-refractivity contribution is 5.91. The van der Waals surface area contributed by atoms with Crippen LogP contribution in [0.1, 0.15) is 49.6 Å². The molecule has 6 rings (SSSR count). The van der Waals surface area contributed by atoms with Crippen molar-refractivity contribution < 1.29 is 14.3 Å². The lowest BCUT2D eigenvalue weighted by atomic mass is 9.52. The maximum absolute atomic E-state index is 12.5. The van der Waals surface area contributed by atoms with Gasteiger partial charge >= 0.3 is 0 Å². The molecule has 31 heavy (non-hydrogen) atoms. The Hall–Kier alpha value is -2.37. The van der Waals surface area contributed by atoms with Crippen LogP contribution in [-0.2, 0) is 0 Å². The van der Waals surface area contributed by atoms with Crippen LogP contribution in [-0.4, -0.2) is 75.4 Å². The maximum Gasteiger partial charge on any atom is 0.289 e. The second-order valence-electron chi connectivity index (χ2n) is 10.0. The molecular weight excluding hydrogens is 394 g/mol. The van der Waals surface area contributed by atoms with Gasteiger partial charge in [0.2, 0.25) is 0 Å². The molecule has 0 radical (unpaired) electrons. The van der Waals surface area contributed by atoms with E-state index in [2.05, 4.69) is 11.1 Å². The summed E-state index contributed by atoms with van der Waals surface area (Å²) in [7, 11) is 0. The molecule has 5 fully saturated rings. The van der Waals surface area contributed by atoms with Crippen LogP contribution in [0.3, 0.4) is 0 Å². The molecule has 1 aliphatic heterocycles. The Labute approximate surface area is 182 Å². The molecule has 5 aliphatic rings. The van der Waals surface area contributed by atoms with Gasteiger partial charge in [-0.3, -0.25) is 20.0 Å². The number of furan rings is 1. The van der Waals surface area contributed by atoms with Gasteiger partial charge in [-0.05, 0) is 68.9 Å². The minimum absolute atomic E-state index is 0.0404. The summed E-state index contributed by atoms with van der Waals surface area (Å²) in [5.74, 6) is 1.77. The van der Waals surface area contributed by atoms with Crippen molar-refractivity contribution in [2.45, 2.75) is 56.7 Å². The second-order valence-corrected chi connectivity index (χ2v) is 10.0. The first-order valence-corrected chi connectivity index (χ1v) is 11.4. The number of hydrogen-bond acceptors (Lipinski definition) is 6. The summed E-state index contributed by atoms with van der Waals surface area (Å²) >= 11 is 0. The fourth-order valence-corrected chi connectivity index (χ4v) is 6.90. The van der Waals surface area contributed by atoms with Crippen molar-refractivity contribution in [3.8, 4) is 6.19 Å². The number of nitriles is 1.